The Labute approximate surface area is 133 Å². The van der Waals surface area contributed by atoms with Crippen molar-refractivity contribution in [3.8, 4) is 0 Å². The highest BCUT2D eigenvalue weighted by Crippen LogP contribution is 2.41. The number of hydrogen-bond acceptors (Lipinski definition) is 2. The van der Waals surface area contributed by atoms with Crippen LogP contribution in [0.5, 0.6) is 0 Å². The zero-order valence-electron chi connectivity index (χ0n) is 11.3. The van der Waals surface area contributed by atoms with Gasteiger partial charge in [-0.25, -0.2) is 17.2 Å². The lowest BCUT2D eigenvalue weighted by Crippen LogP contribution is -2.38. The first-order valence-electron chi connectivity index (χ1n) is 6.59. The summed E-state index contributed by atoms with van der Waals surface area (Å²) in [4.78, 5) is 0. The van der Waals surface area contributed by atoms with Crippen molar-refractivity contribution in [3.63, 3.8) is 0 Å². The lowest BCUT2D eigenvalue weighted by atomic mass is 9.73. The number of hydrogen-bond donors (Lipinski definition) is 0. The molecule has 1 unspecified atom stereocenters. The van der Waals surface area contributed by atoms with Gasteiger partial charge in [0.25, 0.3) is 0 Å². The van der Waals surface area contributed by atoms with Crippen molar-refractivity contribution in [2.24, 2.45) is 11.3 Å². The van der Waals surface area contributed by atoms with Crippen molar-refractivity contribution in [1.82, 2.24) is 0 Å². The Hall–Kier alpha value is -0.390. The molecule has 1 fully saturated rings. The molecule has 0 radical (unpaired) electrons. The summed E-state index contributed by atoms with van der Waals surface area (Å²) in [6, 6.07) is 3.64. The third-order valence-corrected chi connectivity index (χ3v) is 7.05. The summed E-state index contributed by atoms with van der Waals surface area (Å²) in [7, 11) is -3.12. The summed E-state index contributed by atoms with van der Waals surface area (Å²) in [5.74, 6) is -1.42. The molecule has 1 saturated heterocycles. The molecule has 118 valence electrons. The van der Waals surface area contributed by atoms with E-state index in [0.29, 0.717) is 6.42 Å². The van der Waals surface area contributed by atoms with E-state index in [1.54, 1.807) is 0 Å². The summed E-state index contributed by atoms with van der Waals surface area (Å²) in [5.41, 5.74) is -0.904. The van der Waals surface area contributed by atoms with Gasteiger partial charge in [0.1, 0.15) is 11.6 Å². The first-order chi connectivity index (χ1) is 9.83. The average molecular weight is 357 g/mol. The van der Waals surface area contributed by atoms with Crippen LogP contribution in [0.1, 0.15) is 12.0 Å². The van der Waals surface area contributed by atoms with E-state index in [4.69, 9.17) is 23.2 Å². The molecule has 0 saturated carbocycles. The molecular weight excluding hydrogens is 341 g/mol. The maximum atomic E-state index is 13.8. The Balaban J connectivity index is 2.35. The van der Waals surface area contributed by atoms with E-state index in [1.807, 2.05) is 0 Å². The summed E-state index contributed by atoms with van der Waals surface area (Å²) in [6.07, 6.45) is 0.427. The van der Waals surface area contributed by atoms with Gasteiger partial charge in [-0.3, -0.25) is 0 Å². The third-order valence-electron chi connectivity index (χ3n) is 4.22. The van der Waals surface area contributed by atoms with Crippen LogP contribution in [0.4, 0.5) is 8.78 Å². The lowest BCUT2D eigenvalue weighted by Gasteiger charge is -2.35. The van der Waals surface area contributed by atoms with Crippen molar-refractivity contribution < 1.29 is 17.2 Å². The van der Waals surface area contributed by atoms with E-state index >= 15 is 0 Å². The predicted octanol–water partition coefficient (Wildman–Crippen LogP) is 3.41. The van der Waals surface area contributed by atoms with Crippen LogP contribution in [0, 0.1) is 23.0 Å². The number of alkyl halides is 2. The molecule has 1 aliphatic heterocycles. The van der Waals surface area contributed by atoms with E-state index in [-0.39, 0.29) is 41.2 Å². The van der Waals surface area contributed by atoms with Gasteiger partial charge >= 0.3 is 0 Å². The van der Waals surface area contributed by atoms with E-state index in [0.717, 1.165) is 0 Å². The fourth-order valence-electron chi connectivity index (χ4n) is 2.82. The van der Waals surface area contributed by atoms with Crippen LogP contribution in [0.25, 0.3) is 0 Å². The fraction of sp³-hybridized carbons (Fsp3) is 0.571. The third kappa shape index (κ3) is 3.51. The maximum Gasteiger partial charge on any atom is 0.150 e. The second kappa shape index (κ2) is 6.39. The minimum absolute atomic E-state index is 0.00130. The number of sulfone groups is 1. The molecule has 0 N–H and O–H groups in total. The second-order valence-electron chi connectivity index (χ2n) is 5.61. The van der Waals surface area contributed by atoms with E-state index < -0.39 is 26.9 Å². The van der Waals surface area contributed by atoms with Crippen molar-refractivity contribution >= 4 is 33.0 Å². The van der Waals surface area contributed by atoms with Crippen LogP contribution in [-0.4, -0.2) is 31.7 Å². The van der Waals surface area contributed by atoms with Gasteiger partial charge in [0.05, 0.1) is 11.5 Å². The Bertz CT molecular complexity index is 595. The lowest BCUT2D eigenvalue weighted by molar-refractivity contribution is 0.239. The molecule has 1 aliphatic rings. The molecule has 0 aromatic heterocycles. The Morgan fingerprint density at radius 2 is 1.76 bits per heavy atom. The van der Waals surface area contributed by atoms with Crippen molar-refractivity contribution in [2.75, 3.05) is 23.3 Å². The molecule has 0 amide bonds. The maximum absolute atomic E-state index is 13.8. The molecule has 2 rings (SSSR count). The monoisotopic (exact) mass is 356 g/mol. The quantitative estimate of drug-likeness (QED) is 0.757. The summed E-state index contributed by atoms with van der Waals surface area (Å²) < 4.78 is 51.0. The molecule has 2 nitrogen and oxygen atoms in total. The molecule has 7 heteroatoms. The van der Waals surface area contributed by atoms with Gasteiger partial charge in [0, 0.05) is 22.7 Å². The first-order valence-corrected chi connectivity index (χ1v) is 9.48. The largest absolute Gasteiger partial charge is 0.229 e. The summed E-state index contributed by atoms with van der Waals surface area (Å²) in [6.45, 7) is 0. The van der Waals surface area contributed by atoms with Crippen LogP contribution in [0.2, 0.25) is 0 Å². The van der Waals surface area contributed by atoms with Crippen LogP contribution in [0.15, 0.2) is 18.2 Å². The average Bonchev–Trinajstić information content (AvgIpc) is 2.80. The van der Waals surface area contributed by atoms with Crippen molar-refractivity contribution in [3.05, 3.63) is 35.4 Å². The number of halogens is 4. The second-order valence-corrected chi connectivity index (χ2v) is 8.37. The summed E-state index contributed by atoms with van der Waals surface area (Å²) in [5, 5.41) is 0. The molecule has 1 heterocycles. The molecule has 0 aliphatic carbocycles. The van der Waals surface area contributed by atoms with Crippen LogP contribution < -0.4 is 0 Å². The molecule has 1 aromatic carbocycles. The fourth-order valence-corrected chi connectivity index (χ4v) is 5.68. The van der Waals surface area contributed by atoms with Crippen molar-refractivity contribution in [2.45, 2.75) is 12.8 Å². The molecular formula is C14H16Cl2F2O2S. The molecule has 0 spiro atoms. The molecule has 1 aromatic rings. The zero-order chi connectivity index (χ0) is 15.7. The Morgan fingerprint density at radius 3 is 2.19 bits per heavy atom. The smallest absolute Gasteiger partial charge is 0.150 e. The standard InChI is InChI=1S/C14H16Cl2F2O2S/c15-8-14(9-16,10-4-5-21(19,20)7-10)6-11-12(17)2-1-3-13(11)18/h1-3,10H,4-9H2. The normalized spacial score (nSPS) is 21.6. The van der Waals surface area contributed by atoms with Gasteiger partial charge in [-0.15, -0.1) is 23.2 Å². The number of benzene rings is 1. The minimum Gasteiger partial charge on any atom is -0.229 e. The highest BCUT2D eigenvalue weighted by Gasteiger charge is 2.44. The van der Waals surface area contributed by atoms with Gasteiger partial charge in [-0.1, -0.05) is 6.07 Å². The Morgan fingerprint density at radius 1 is 1.19 bits per heavy atom. The Kier molecular flexibility index (Phi) is 5.16. The SMILES string of the molecule is O=S1(=O)CCC(C(CCl)(CCl)Cc2c(F)cccc2F)C1. The van der Waals surface area contributed by atoms with Gasteiger partial charge in [0.15, 0.2) is 9.84 Å². The minimum atomic E-state index is -3.12. The van der Waals surface area contributed by atoms with E-state index in [9.17, 15) is 17.2 Å². The van der Waals surface area contributed by atoms with E-state index in [2.05, 4.69) is 0 Å². The molecule has 1 atom stereocenters. The van der Waals surface area contributed by atoms with Gasteiger partial charge in [-0.05, 0) is 30.9 Å². The van der Waals surface area contributed by atoms with Gasteiger partial charge in [0.2, 0.25) is 0 Å². The van der Waals surface area contributed by atoms with E-state index in [1.165, 1.54) is 18.2 Å². The van der Waals surface area contributed by atoms with Crippen LogP contribution in [-0.2, 0) is 16.3 Å². The highest BCUT2D eigenvalue weighted by molar-refractivity contribution is 7.91. The van der Waals surface area contributed by atoms with Gasteiger partial charge in [-0.2, -0.15) is 0 Å². The topological polar surface area (TPSA) is 34.1 Å². The highest BCUT2D eigenvalue weighted by atomic mass is 35.5. The molecule has 0 bridgehead atoms. The van der Waals surface area contributed by atoms with Crippen LogP contribution in [0.3, 0.4) is 0 Å². The zero-order valence-corrected chi connectivity index (χ0v) is 13.6. The van der Waals surface area contributed by atoms with Crippen LogP contribution >= 0.6 is 23.2 Å². The predicted molar refractivity (Wildman–Crippen MR) is 80.7 cm³/mol. The summed E-state index contributed by atoms with van der Waals surface area (Å²) >= 11 is 12.1. The first kappa shape index (κ1) is 17.0. The molecule has 21 heavy (non-hydrogen) atoms. The van der Waals surface area contributed by atoms with Crippen molar-refractivity contribution in [1.29, 1.82) is 0 Å². The van der Waals surface area contributed by atoms with Gasteiger partial charge < -0.3 is 0 Å². The number of rotatable bonds is 5.